The number of rotatable bonds is 36. The van der Waals surface area contributed by atoms with Crippen molar-refractivity contribution in [2.24, 2.45) is 10.2 Å². The quantitative estimate of drug-likeness (QED) is 0.0417. The van der Waals surface area contributed by atoms with Gasteiger partial charge in [-0.2, -0.15) is 0 Å². The molecule has 0 aromatic rings. The second-order valence-corrected chi connectivity index (χ2v) is 8.71. The number of ether oxygens (including phenoxy) is 9. The normalized spacial score (nSPS) is 10.7. The SMILES string of the molecule is CC.CC(=O)CCOCCOCCOCCN(CCOCCOCCOCCN=[N+]=[N-])CCOCCOCCOCCN=[N+]=[N-]. The van der Waals surface area contributed by atoms with E-state index in [1.165, 1.54) is 0 Å². The lowest BCUT2D eigenvalue weighted by molar-refractivity contribution is -0.118. The first kappa shape index (κ1) is 45.0. The first-order valence-electron chi connectivity index (χ1n) is 15.6. The standard InChI is InChI=1S/C26H51N7O10.C2H6/c1-26(34)2-8-35-14-20-41-23-17-38-11-5-33(6-12-39-18-24-42-21-15-36-9-3-29-31-27)7-13-40-19-25-43-22-16-37-10-4-30-32-28;1-2/h2-25H2,1H3;1-2H3. The van der Waals surface area contributed by atoms with E-state index in [-0.39, 0.29) is 5.78 Å². The molecule has 0 bridgehead atoms. The van der Waals surface area contributed by atoms with E-state index in [0.29, 0.717) is 158 Å². The van der Waals surface area contributed by atoms with Crippen LogP contribution in [0.4, 0.5) is 0 Å². The molecule has 0 unspecified atom stereocenters. The summed E-state index contributed by atoms with van der Waals surface area (Å²) in [6, 6.07) is 0. The Bertz CT molecular complexity index is 642. The average molecular weight is 652 g/mol. The summed E-state index contributed by atoms with van der Waals surface area (Å²) in [4.78, 5) is 18.4. The first-order valence-corrected chi connectivity index (χ1v) is 15.6. The molecule has 0 saturated heterocycles. The molecule has 0 amide bonds. The van der Waals surface area contributed by atoms with Gasteiger partial charge in [0.15, 0.2) is 0 Å². The van der Waals surface area contributed by atoms with Crippen LogP contribution in [0.25, 0.3) is 20.9 Å². The van der Waals surface area contributed by atoms with Gasteiger partial charge in [-0.3, -0.25) is 9.69 Å². The number of hydrogen-bond acceptors (Lipinski definition) is 13. The predicted octanol–water partition coefficient (Wildman–Crippen LogP) is 3.06. The highest BCUT2D eigenvalue weighted by Crippen LogP contribution is 1.93. The molecule has 0 atom stereocenters. The van der Waals surface area contributed by atoms with Gasteiger partial charge in [0.05, 0.1) is 119 Å². The van der Waals surface area contributed by atoms with Crippen LogP contribution < -0.4 is 0 Å². The van der Waals surface area contributed by atoms with Crippen molar-refractivity contribution in [3.8, 4) is 0 Å². The Balaban J connectivity index is 0. The molecular weight excluding hydrogens is 594 g/mol. The number of carbonyl (C=O) groups is 1. The number of azide groups is 2. The number of nitrogens with zero attached hydrogens (tertiary/aromatic N) is 7. The van der Waals surface area contributed by atoms with E-state index >= 15 is 0 Å². The van der Waals surface area contributed by atoms with Crippen LogP contribution in [-0.2, 0) is 47.4 Å². The second-order valence-electron chi connectivity index (χ2n) is 8.71. The van der Waals surface area contributed by atoms with E-state index in [1.54, 1.807) is 6.92 Å². The molecule has 17 heteroatoms. The smallest absolute Gasteiger partial charge is 0.132 e. The minimum Gasteiger partial charge on any atom is -0.379 e. The molecule has 0 saturated carbocycles. The lowest BCUT2D eigenvalue weighted by Crippen LogP contribution is -2.34. The maximum Gasteiger partial charge on any atom is 0.132 e. The Morgan fingerprint density at radius 2 is 0.756 bits per heavy atom. The van der Waals surface area contributed by atoms with Crippen LogP contribution in [0, 0.1) is 0 Å². The van der Waals surface area contributed by atoms with Crippen LogP contribution in [0.2, 0.25) is 0 Å². The van der Waals surface area contributed by atoms with Crippen LogP contribution >= 0.6 is 0 Å². The predicted molar refractivity (Wildman–Crippen MR) is 168 cm³/mol. The van der Waals surface area contributed by atoms with Gasteiger partial charge in [0.2, 0.25) is 0 Å². The van der Waals surface area contributed by atoms with Crippen molar-refractivity contribution in [3.63, 3.8) is 0 Å². The molecule has 0 heterocycles. The summed E-state index contributed by atoms with van der Waals surface area (Å²) in [5.41, 5.74) is 16.4. The van der Waals surface area contributed by atoms with Crippen molar-refractivity contribution in [2.75, 3.05) is 152 Å². The van der Waals surface area contributed by atoms with Crippen molar-refractivity contribution in [1.29, 1.82) is 0 Å². The summed E-state index contributed by atoms with van der Waals surface area (Å²) >= 11 is 0. The minimum atomic E-state index is 0.112. The van der Waals surface area contributed by atoms with Crippen molar-refractivity contribution in [1.82, 2.24) is 4.90 Å². The second kappa shape index (κ2) is 41.9. The van der Waals surface area contributed by atoms with Crippen molar-refractivity contribution in [2.45, 2.75) is 27.2 Å². The van der Waals surface area contributed by atoms with Gasteiger partial charge in [-0.1, -0.05) is 24.1 Å². The van der Waals surface area contributed by atoms with Crippen LogP contribution in [0.15, 0.2) is 10.2 Å². The molecule has 17 nitrogen and oxygen atoms in total. The minimum absolute atomic E-state index is 0.112. The molecule has 0 aliphatic rings. The summed E-state index contributed by atoms with van der Waals surface area (Å²) in [7, 11) is 0. The highest BCUT2D eigenvalue weighted by atomic mass is 16.6. The monoisotopic (exact) mass is 651 g/mol. The van der Waals surface area contributed by atoms with Crippen molar-refractivity contribution < 1.29 is 47.4 Å². The zero-order chi connectivity index (χ0) is 33.3. The zero-order valence-corrected chi connectivity index (χ0v) is 27.7. The summed E-state index contributed by atoms with van der Waals surface area (Å²) in [5.74, 6) is 0.112. The molecule has 0 fully saturated rings. The fourth-order valence-corrected chi connectivity index (χ4v) is 3.06. The Labute approximate surface area is 268 Å². The summed E-state index contributed by atoms with van der Waals surface area (Å²) in [6.45, 7) is 16.6. The molecule has 0 aromatic heterocycles. The Morgan fingerprint density at radius 3 is 1.04 bits per heavy atom. The molecule has 0 rings (SSSR count). The fraction of sp³-hybridized carbons (Fsp3) is 0.964. The van der Waals surface area contributed by atoms with E-state index in [2.05, 4.69) is 25.0 Å². The van der Waals surface area contributed by atoms with Crippen LogP contribution in [0.5, 0.6) is 0 Å². The van der Waals surface area contributed by atoms with E-state index in [0.717, 1.165) is 0 Å². The Hall–Kier alpha value is -2.11. The van der Waals surface area contributed by atoms with Gasteiger partial charge in [-0.15, -0.1) is 0 Å². The first-order chi connectivity index (χ1) is 22.2. The molecule has 0 aromatic carbocycles. The third-order valence-corrected chi connectivity index (χ3v) is 5.28. The zero-order valence-electron chi connectivity index (χ0n) is 27.7. The molecule has 0 radical (unpaired) electrons. The van der Waals surface area contributed by atoms with Crippen molar-refractivity contribution >= 4 is 5.78 Å². The maximum absolute atomic E-state index is 10.9. The van der Waals surface area contributed by atoms with Gasteiger partial charge in [0.1, 0.15) is 5.78 Å². The average Bonchev–Trinajstić information content (AvgIpc) is 3.05. The highest BCUT2D eigenvalue weighted by molar-refractivity contribution is 5.75. The Morgan fingerprint density at radius 1 is 0.489 bits per heavy atom. The van der Waals surface area contributed by atoms with Gasteiger partial charge in [0, 0.05) is 49.0 Å². The van der Waals surface area contributed by atoms with E-state index < -0.39 is 0 Å². The topological polar surface area (TPSA) is 201 Å². The third-order valence-electron chi connectivity index (χ3n) is 5.28. The van der Waals surface area contributed by atoms with Gasteiger partial charge < -0.3 is 42.6 Å². The molecular formula is C28H57N7O10. The number of ketones is 1. The Kier molecular flexibility index (Phi) is 41.9. The van der Waals surface area contributed by atoms with Gasteiger partial charge in [-0.05, 0) is 18.0 Å². The molecule has 0 aliphatic carbocycles. The van der Waals surface area contributed by atoms with E-state index in [1.807, 2.05) is 13.8 Å². The lowest BCUT2D eigenvalue weighted by Gasteiger charge is -2.22. The highest BCUT2D eigenvalue weighted by Gasteiger charge is 2.06. The molecule has 264 valence electrons. The largest absolute Gasteiger partial charge is 0.379 e. The number of Topliss-reactive ketones (excluding diaryl/α,β-unsaturated/α-hetero) is 1. The number of hydrogen-bond donors (Lipinski definition) is 0. The molecule has 0 N–H and O–H groups in total. The van der Waals surface area contributed by atoms with Gasteiger partial charge in [0.25, 0.3) is 0 Å². The third kappa shape index (κ3) is 41.9. The van der Waals surface area contributed by atoms with Crippen LogP contribution in [0.1, 0.15) is 27.2 Å². The number of carbonyl (C=O) groups excluding carboxylic acids is 1. The van der Waals surface area contributed by atoms with Gasteiger partial charge >= 0.3 is 0 Å². The van der Waals surface area contributed by atoms with E-state index in [4.69, 9.17) is 53.7 Å². The summed E-state index contributed by atoms with van der Waals surface area (Å²) < 4.78 is 49.4. The summed E-state index contributed by atoms with van der Waals surface area (Å²) in [6.07, 6.45) is 0.423. The molecule has 45 heavy (non-hydrogen) atoms. The van der Waals surface area contributed by atoms with Crippen LogP contribution in [0.3, 0.4) is 0 Å². The lowest BCUT2D eigenvalue weighted by atomic mass is 10.3. The van der Waals surface area contributed by atoms with Crippen molar-refractivity contribution in [3.05, 3.63) is 20.9 Å². The van der Waals surface area contributed by atoms with Gasteiger partial charge in [-0.25, -0.2) is 0 Å². The van der Waals surface area contributed by atoms with Crippen LogP contribution in [-0.4, -0.2) is 162 Å². The summed E-state index contributed by atoms with van der Waals surface area (Å²) in [5, 5.41) is 6.79. The fourth-order valence-electron chi connectivity index (χ4n) is 3.06. The van der Waals surface area contributed by atoms with E-state index in [9.17, 15) is 4.79 Å². The molecule has 0 spiro atoms. The maximum atomic E-state index is 10.9. The molecule has 0 aliphatic heterocycles.